The number of aliphatic imine (C=N–C) groups is 1. The van der Waals surface area contributed by atoms with E-state index in [0.29, 0.717) is 16.6 Å². The van der Waals surface area contributed by atoms with E-state index in [1.165, 1.54) is 61.1 Å². The van der Waals surface area contributed by atoms with E-state index in [2.05, 4.69) is 34.2 Å². The lowest BCUT2D eigenvalue weighted by Crippen LogP contribution is -2.04. The lowest BCUT2D eigenvalue weighted by Gasteiger charge is -2.22. The number of aromatic nitrogens is 1. The maximum atomic E-state index is 10.9. The van der Waals surface area contributed by atoms with Crippen molar-refractivity contribution in [3.63, 3.8) is 0 Å². The zero-order valence-corrected chi connectivity index (χ0v) is 16.3. The molecule has 6 heteroatoms. The number of rotatable bonds is 5. The van der Waals surface area contributed by atoms with Crippen molar-refractivity contribution in [1.82, 2.24) is 4.98 Å². The Hall–Kier alpha value is -2.86. The van der Waals surface area contributed by atoms with Gasteiger partial charge in [-0.15, -0.1) is 11.3 Å². The van der Waals surface area contributed by atoms with E-state index in [0.717, 1.165) is 11.3 Å². The van der Waals surface area contributed by atoms with Crippen LogP contribution in [0.25, 0.3) is 11.3 Å². The monoisotopic (exact) mass is 391 g/mol. The number of nitro benzene ring substituents is 1. The van der Waals surface area contributed by atoms with E-state index >= 15 is 0 Å². The molecule has 0 radical (unpaired) electrons. The second kappa shape index (κ2) is 8.44. The molecule has 1 saturated carbocycles. The van der Waals surface area contributed by atoms with Gasteiger partial charge in [-0.1, -0.05) is 55.7 Å². The fraction of sp³-hybridized carbons (Fsp3) is 0.273. The molecule has 1 fully saturated rings. The van der Waals surface area contributed by atoms with Crippen LogP contribution in [0.1, 0.15) is 49.1 Å². The van der Waals surface area contributed by atoms with E-state index in [1.54, 1.807) is 18.3 Å². The molecule has 142 valence electrons. The quantitative estimate of drug-likeness (QED) is 0.282. The topological polar surface area (TPSA) is 68.4 Å². The van der Waals surface area contributed by atoms with Crippen LogP contribution in [0.4, 0.5) is 10.8 Å². The zero-order valence-electron chi connectivity index (χ0n) is 15.5. The Bertz CT molecular complexity index is 989. The molecule has 0 atom stereocenters. The Morgan fingerprint density at radius 2 is 1.89 bits per heavy atom. The van der Waals surface area contributed by atoms with Crippen molar-refractivity contribution in [1.29, 1.82) is 0 Å². The van der Waals surface area contributed by atoms with Crippen molar-refractivity contribution in [3.05, 3.63) is 75.2 Å². The van der Waals surface area contributed by atoms with E-state index in [9.17, 15) is 10.1 Å². The summed E-state index contributed by atoms with van der Waals surface area (Å²) in [6, 6.07) is 15.2. The summed E-state index contributed by atoms with van der Waals surface area (Å²) in [7, 11) is 0. The highest BCUT2D eigenvalue weighted by atomic mass is 32.1. The highest BCUT2D eigenvalue weighted by molar-refractivity contribution is 7.13. The minimum absolute atomic E-state index is 0.0573. The summed E-state index contributed by atoms with van der Waals surface area (Å²) in [5, 5.41) is 13.5. The van der Waals surface area contributed by atoms with Gasteiger partial charge in [-0.25, -0.2) is 9.98 Å². The van der Waals surface area contributed by atoms with Crippen LogP contribution in [-0.2, 0) is 0 Å². The van der Waals surface area contributed by atoms with Crippen molar-refractivity contribution in [2.24, 2.45) is 4.99 Å². The Morgan fingerprint density at radius 1 is 1.11 bits per heavy atom. The molecule has 0 spiro atoms. The summed E-state index contributed by atoms with van der Waals surface area (Å²) < 4.78 is 0. The predicted octanol–water partition coefficient (Wildman–Crippen LogP) is 6.52. The first-order valence-electron chi connectivity index (χ1n) is 9.53. The maximum Gasteiger partial charge on any atom is 0.270 e. The molecule has 0 bridgehead atoms. The average molecular weight is 391 g/mol. The van der Waals surface area contributed by atoms with Gasteiger partial charge < -0.3 is 0 Å². The zero-order chi connectivity index (χ0) is 19.3. The van der Waals surface area contributed by atoms with Crippen LogP contribution in [0.5, 0.6) is 0 Å². The Kier molecular flexibility index (Phi) is 5.58. The second-order valence-corrected chi connectivity index (χ2v) is 7.92. The fourth-order valence-corrected chi connectivity index (χ4v) is 4.34. The smallest absolute Gasteiger partial charge is 0.258 e. The SMILES string of the molecule is O=[N+]([O-])c1cccc(C=Nc2nc(-c3ccc(C4CCCCC4)cc3)cs2)c1. The molecule has 0 unspecified atom stereocenters. The summed E-state index contributed by atoms with van der Waals surface area (Å²) >= 11 is 1.46. The number of hydrogen-bond acceptors (Lipinski definition) is 5. The summed E-state index contributed by atoms with van der Waals surface area (Å²) in [6.07, 6.45) is 8.25. The predicted molar refractivity (Wildman–Crippen MR) is 114 cm³/mol. The van der Waals surface area contributed by atoms with Crippen LogP contribution >= 0.6 is 11.3 Å². The van der Waals surface area contributed by atoms with Crippen molar-refractivity contribution in [2.45, 2.75) is 38.0 Å². The molecule has 3 aromatic rings. The molecule has 1 heterocycles. The lowest BCUT2D eigenvalue weighted by atomic mass is 9.84. The molecule has 28 heavy (non-hydrogen) atoms. The normalized spacial score (nSPS) is 15.1. The summed E-state index contributed by atoms with van der Waals surface area (Å²) in [6.45, 7) is 0. The summed E-state index contributed by atoms with van der Waals surface area (Å²) in [5.41, 5.74) is 4.17. The Morgan fingerprint density at radius 3 is 2.64 bits per heavy atom. The maximum absolute atomic E-state index is 10.9. The van der Waals surface area contributed by atoms with Crippen molar-refractivity contribution in [3.8, 4) is 11.3 Å². The lowest BCUT2D eigenvalue weighted by molar-refractivity contribution is -0.384. The van der Waals surface area contributed by atoms with Crippen LogP contribution in [0.2, 0.25) is 0 Å². The third-order valence-corrected chi connectivity index (χ3v) is 5.93. The molecule has 0 amide bonds. The number of thiazole rings is 1. The molecule has 0 saturated heterocycles. The van der Waals surface area contributed by atoms with Gasteiger partial charge in [0.1, 0.15) is 0 Å². The van der Waals surface area contributed by atoms with Crippen molar-refractivity contribution >= 4 is 28.4 Å². The van der Waals surface area contributed by atoms with Crippen molar-refractivity contribution < 1.29 is 4.92 Å². The fourth-order valence-electron chi connectivity index (χ4n) is 3.67. The first-order valence-corrected chi connectivity index (χ1v) is 10.4. The molecule has 5 nitrogen and oxygen atoms in total. The van der Waals surface area contributed by atoms with Gasteiger partial charge in [0.2, 0.25) is 5.13 Å². The molecule has 1 aliphatic rings. The minimum Gasteiger partial charge on any atom is -0.258 e. The molecule has 0 N–H and O–H groups in total. The van der Waals surface area contributed by atoms with E-state index in [1.807, 2.05) is 5.38 Å². The largest absolute Gasteiger partial charge is 0.270 e. The van der Waals surface area contributed by atoms with Gasteiger partial charge >= 0.3 is 0 Å². The molecule has 1 aliphatic carbocycles. The highest BCUT2D eigenvalue weighted by Crippen LogP contribution is 2.34. The Balaban J connectivity index is 1.46. The summed E-state index contributed by atoms with van der Waals surface area (Å²) in [5.74, 6) is 0.702. The molecule has 2 aromatic carbocycles. The number of non-ortho nitro benzene ring substituents is 1. The van der Waals surface area contributed by atoms with Gasteiger partial charge in [-0.05, 0) is 29.9 Å². The van der Waals surface area contributed by atoms with Crippen LogP contribution < -0.4 is 0 Å². The number of nitrogens with zero attached hydrogens (tertiary/aromatic N) is 3. The van der Waals surface area contributed by atoms with Crippen LogP contribution in [0, 0.1) is 10.1 Å². The van der Waals surface area contributed by atoms with Gasteiger partial charge in [0.05, 0.1) is 10.6 Å². The van der Waals surface area contributed by atoms with Gasteiger partial charge in [-0.3, -0.25) is 10.1 Å². The molecular weight excluding hydrogens is 370 g/mol. The first-order chi connectivity index (χ1) is 13.7. The summed E-state index contributed by atoms with van der Waals surface area (Å²) in [4.78, 5) is 19.4. The van der Waals surface area contributed by atoms with Crippen molar-refractivity contribution in [2.75, 3.05) is 0 Å². The van der Waals surface area contributed by atoms with Gasteiger partial charge in [0, 0.05) is 29.3 Å². The standard InChI is InChI=1S/C22H21N3O2S/c26-25(27)20-8-4-5-16(13-20)14-23-22-24-21(15-28-22)19-11-9-18(10-12-19)17-6-2-1-3-7-17/h4-5,8-15,17H,1-3,6-7H2. The van der Waals surface area contributed by atoms with E-state index in [-0.39, 0.29) is 5.69 Å². The number of hydrogen-bond donors (Lipinski definition) is 0. The average Bonchev–Trinajstić information content (AvgIpc) is 3.22. The molecule has 4 rings (SSSR count). The minimum atomic E-state index is -0.407. The van der Waals surface area contributed by atoms with E-state index in [4.69, 9.17) is 0 Å². The van der Waals surface area contributed by atoms with Crippen LogP contribution in [0.3, 0.4) is 0 Å². The highest BCUT2D eigenvalue weighted by Gasteiger charge is 2.15. The van der Waals surface area contributed by atoms with Gasteiger partial charge in [-0.2, -0.15) is 0 Å². The molecule has 0 aliphatic heterocycles. The van der Waals surface area contributed by atoms with Crippen LogP contribution in [0.15, 0.2) is 58.9 Å². The van der Waals surface area contributed by atoms with E-state index < -0.39 is 4.92 Å². The molecular formula is C22H21N3O2S. The second-order valence-electron chi connectivity index (χ2n) is 7.08. The number of nitro groups is 1. The molecule has 1 aromatic heterocycles. The first kappa shape index (κ1) is 18.5. The Labute approximate surface area is 168 Å². The van der Waals surface area contributed by atoms with Gasteiger partial charge in [0.15, 0.2) is 0 Å². The third kappa shape index (κ3) is 4.34. The van der Waals surface area contributed by atoms with Gasteiger partial charge in [0.25, 0.3) is 5.69 Å². The number of benzene rings is 2. The third-order valence-electron chi connectivity index (χ3n) is 5.18. The van der Waals surface area contributed by atoms with Crippen LogP contribution in [-0.4, -0.2) is 16.1 Å².